The highest BCUT2D eigenvalue weighted by atomic mass is 16.5. The van der Waals surface area contributed by atoms with Crippen molar-refractivity contribution in [3.8, 4) is 5.75 Å². The minimum atomic E-state index is 0.0269. The Morgan fingerprint density at radius 2 is 2.20 bits per heavy atom. The van der Waals surface area contributed by atoms with Gasteiger partial charge in [0.1, 0.15) is 0 Å². The van der Waals surface area contributed by atoms with Crippen molar-refractivity contribution >= 4 is 0 Å². The number of nitrogens with two attached hydrogens (primary N) is 1. The SMILES string of the molecule is CCCC(N)c1c(OC)cnn1CCC. The highest BCUT2D eigenvalue weighted by molar-refractivity contribution is 5.28. The number of hydrogen-bond acceptors (Lipinski definition) is 3. The second-order valence-corrected chi connectivity index (χ2v) is 3.72. The van der Waals surface area contributed by atoms with Crippen LogP contribution in [0.15, 0.2) is 6.20 Å². The molecule has 1 unspecified atom stereocenters. The first kappa shape index (κ1) is 12.0. The average molecular weight is 211 g/mol. The van der Waals surface area contributed by atoms with E-state index in [1.165, 1.54) is 0 Å². The molecule has 0 aliphatic heterocycles. The molecule has 0 bridgehead atoms. The van der Waals surface area contributed by atoms with Crippen LogP contribution in [-0.4, -0.2) is 16.9 Å². The van der Waals surface area contributed by atoms with E-state index < -0.39 is 0 Å². The highest BCUT2D eigenvalue weighted by Gasteiger charge is 2.17. The largest absolute Gasteiger partial charge is 0.493 e. The molecule has 0 aliphatic rings. The maximum absolute atomic E-state index is 6.12. The Hall–Kier alpha value is -1.03. The van der Waals surface area contributed by atoms with Crippen LogP contribution in [0, 0.1) is 0 Å². The van der Waals surface area contributed by atoms with E-state index in [4.69, 9.17) is 10.5 Å². The van der Waals surface area contributed by atoms with Gasteiger partial charge in [-0.3, -0.25) is 4.68 Å². The molecular formula is C11H21N3O. The van der Waals surface area contributed by atoms with Gasteiger partial charge >= 0.3 is 0 Å². The molecule has 0 amide bonds. The fourth-order valence-corrected chi connectivity index (χ4v) is 1.75. The highest BCUT2D eigenvalue weighted by Crippen LogP contribution is 2.26. The Balaban J connectivity index is 2.93. The van der Waals surface area contributed by atoms with Crippen LogP contribution in [-0.2, 0) is 6.54 Å². The molecule has 1 rings (SSSR count). The zero-order valence-corrected chi connectivity index (χ0v) is 9.86. The van der Waals surface area contributed by atoms with E-state index in [0.717, 1.165) is 37.3 Å². The van der Waals surface area contributed by atoms with Gasteiger partial charge in [-0.15, -0.1) is 0 Å². The molecule has 1 aromatic rings. The van der Waals surface area contributed by atoms with Crippen molar-refractivity contribution in [2.45, 2.75) is 45.7 Å². The molecule has 4 heteroatoms. The summed E-state index contributed by atoms with van der Waals surface area (Å²) in [7, 11) is 1.66. The van der Waals surface area contributed by atoms with Crippen LogP contribution in [0.2, 0.25) is 0 Å². The number of methoxy groups -OCH3 is 1. The minimum Gasteiger partial charge on any atom is -0.493 e. The molecule has 0 spiro atoms. The third-order valence-electron chi connectivity index (χ3n) is 2.45. The average Bonchev–Trinajstić information content (AvgIpc) is 2.62. The summed E-state index contributed by atoms with van der Waals surface area (Å²) in [4.78, 5) is 0. The number of aromatic nitrogens is 2. The van der Waals surface area contributed by atoms with Crippen molar-refractivity contribution in [3.63, 3.8) is 0 Å². The summed E-state index contributed by atoms with van der Waals surface area (Å²) in [6.45, 7) is 5.16. The van der Waals surface area contributed by atoms with E-state index >= 15 is 0 Å². The van der Waals surface area contributed by atoms with Gasteiger partial charge in [0, 0.05) is 6.54 Å². The Morgan fingerprint density at radius 1 is 1.47 bits per heavy atom. The van der Waals surface area contributed by atoms with E-state index in [0.29, 0.717) is 0 Å². The summed E-state index contributed by atoms with van der Waals surface area (Å²) in [5, 5.41) is 4.29. The van der Waals surface area contributed by atoms with E-state index in [-0.39, 0.29) is 6.04 Å². The van der Waals surface area contributed by atoms with Crippen LogP contribution in [0.5, 0.6) is 5.75 Å². The first-order valence-electron chi connectivity index (χ1n) is 5.59. The van der Waals surface area contributed by atoms with Gasteiger partial charge in [0.25, 0.3) is 0 Å². The Morgan fingerprint density at radius 3 is 2.73 bits per heavy atom. The second kappa shape index (κ2) is 5.75. The third kappa shape index (κ3) is 2.72. The molecule has 1 heterocycles. The van der Waals surface area contributed by atoms with Gasteiger partial charge in [0.15, 0.2) is 5.75 Å². The van der Waals surface area contributed by atoms with Crippen LogP contribution in [0.3, 0.4) is 0 Å². The summed E-state index contributed by atoms with van der Waals surface area (Å²) in [5.74, 6) is 0.810. The normalized spacial score (nSPS) is 12.8. The molecule has 0 fully saturated rings. The predicted octanol–water partition coefficient (Wildman–Crippen LogP) is 2.10. The summed E-state index contributed by atoms with van der Waals surface area (Å²) in [5.41, 5.74) is 7.15. The molecule has 4 nitrogen and oxygen atoms in total. The zero-order chi connectivity index (χ0) is 11.3. The van der Waals surface area contributed by atoms with Gasteiger partial charge in [-0.25, -0.2) is 0 Å². The molecule has 86 valence electrons. The molecule has 2 N–H and O–H groups in total. The van der Waals surface area contributed by atoms with E-state index in [1.54, 1.807) is 13.3 Å². The first-order valence-corrected chi connectivity index (χ1v) is 5.59. The molecule has 0 radical (unpaired) electrons. The monoisotopic (exact) mass is 211 g/mol. The van der Waals surface area contributed by atoms with Gasteiger partial charge in [0.05, 0.1) is 25.0 Å². The number of hydrogen-bond donors (Lipinski definition) is 1. The van der Waals surface area contributed by atoms with E-state index in [1.807, 2.05) is 4.68 Å². The summed E-state index contributed by atoms with van der Waals surface area (Å²) in [6, 6.07) is 0.0269. The minimum absolute atomic E-state index is 0.0269. The summed E-state index contributed by atoms with van der Waals surface area (Å²) >= 11 is 0. The van der Waals surface area contributed by atoms with Crippen molar-refractivity contribution in [1.29, 1.82) is 0 Å². The Kier molecular flexibility index (Phi) is 4.62. The second-order valence-electron chi connectivity index (χ2n) is 3.72. The van der Waals surface area contributed by atoms with Crippen LogP contribution < -0.4 is 10.5 Å². The third-order valence-corrected chi connectivity index (χ3v) is 2.45. The van der Waals surface area contributed by atoms with Gasteiger partial charge in [-0.2, -0.15) is 5.10 Å². The van der Waals surface area contributed by atoms with Crippen molar-refractivity contribution in [3.05, 3.63) is 11.9 Å². The Bertz CT molecular complexity index is 296. The maximum Gasteiger partial charge on any atom is 0.161 e. The molecule has 0 saturated carbocycles. The standard InChI is InChI=1S/C11H21N3O/c1-4-6-9(12)11-10(15-3)8-13-14(11)7-5-2/h8-9H,4-7,12H2,1-3H3. The van der Waals surface area contributed by atoms with Crippen LogP contribution in [0.4, 0.5) is 0 Å². The maximum atomic E-state index is 6.12. The molecule has 15 heavy (non-hydrogen) atoms. The van der Waals surface area contributed by atoms with Crippen LogP contribution in [0.1, 0.15) is 44.8 Å². The summed E-state index contributed by atoms with van der Waals surface area (Å²) in [6.07, 6.45) is 4.84. The zero-order valence-electron chi connectivity index (χ0n) is 9.86. The fourth-order valence-electron chi connectivity index (χ4n) is 1.75. The van der Waals surface area contributed by atoms with Crippen molar-refractivity contribution in [2.24, 2.45) is 5.73 Å². The van der Waals surface area contributed by atoms with Crippen LogP contribution in [0.25, 0.3) is 0 Å². The topological polar surface area (TPSA) is 53.1 Å². The quantitative estimate of drug-likeness (QED) is 0.784. The molecule has 0 aromatic carbocycles. The summed E-state index contributed by atoms with van der Waals surface area (Å²) < 4.78 is 7.23. The molecule has 0 saturated heterocycles. The van der Waals surface area contributed by atoms with Gasteiger partial charge < -0.3 is 10.5 Å². The Labute approximate surface area is 91.4 Å². The molecular weight excluding hydrogens is 190 g/mol. The van der Waals surface area contributed by atoms with E-state index in [2.05, 4.69) is 18.9 Å². The molecule has 0 aliphatic carbocycles. The van der Waals surface area contributed by atoms with Crippen molar-refractivity contribution in [2.75, 3.05) is 7.11 Å². The van der Waals surface area contributed by atoms with Gasteiger partial charge in [-0.05, 0) is 12.8 Å². The molecule has 1 atom stereocenters. The van der Waals surface area contributed by atoms with Gasteiger partial charge in [-0.1, -0.05) is 20.3 Å². The lowest BCUT2D eigenvalue weighted by Crippen LogP contribution is -2.17. The number of nitrogens with zero attached hydrogens (tertiary/aromatic N) is 2. The number of rotatable bonds is 6. The number of ether oxygens (including phenoxy) is 1. The van der Waals surface area contributed by atoms with Crippen molar-refractivity contribution < 1.29 is 4.74 Å². The predicted molar refractivity (Wildman–Crippen MR) is 60.9 cm³/mol. The van der Waals surface area contributed by atoms with E-state index in [9.17, 15) is 0 Å². The van der Waals surface area contributed by atoms with Gasteiger partial charge in [0.2, 0.25) is 0 Å². The smallest absolute Gasteiger partial charge is 0.161 e. The van der Waals surface area contributed by atoms with Crippen molar-refractivity contribution in [1.82, 2.24) is 9.78 Å². The first-order chi connectivity index (χ1) is 7.24. The van der Waals surface area contributed by atoms with Crippen LogP contribution >= 0.6 is 0 Å². The lowest BCUT2D eigenvalue weighted by molar-refractivity contribution is 0.398. The lowest BCUT2D eigenvalue weighted by atomic mass is 10.1. The number of aryl methyl sites for hydroxylation is 1. The molecule has 1 aromatic heterocycles. The lowest BCUT2D eigenvalue weighted by Gasteiger charge is -2.14. The fraction of sp³-hybridized carbons (Fsp3) is 0.727.